The number of amides is 1. The first kappa shape index (κ1) is 13.1. The van der Waals surface area contributed by atoms with Gasteiger partial charge in [-0.3, -0.25) is 4.79 Å². The first-order chi connectivity index (χ1) is 8.53. The number of rotatable bonds is 3. The molecular weight excluding hydrogens is 228 g/mol. The summed E-state index contributed by atoms with van der Waals surface area (Å²) in [5.74, 6) is 0.0241. The summed E-state index contributed by atoms with van der Waals surface area (Å²) in [5, 5.41) is 0. The molecule has 1 aliphatic heterocycles. The molecule has 0 aromatic heterocycles. The third-order valence-electron chi connectivity index (χ3n) is 3.17. The highest BCUT2D eigenvalue weighted by Gasteiger charge is 2.40. The number of carbonyl (C=O) groups is 1. The molecule has 0 aliphatic carbocycles. The van der Waals surface area contributed by atoms with Gasteiger partial charge in [0.1, 0.15) is 5.60 Å². The van der Waals surface area contributed by atoms with Crippen LogP contribution in [0.5, 0.6) is 0 Å². The first-order valence-electron chi connectivity index (χ1n) is 6.24. The fourth-order valence-corrected chi connectivity index (χ4v) is 2.28. The molecule has 1 aromatic rings. The molecule has 18 heavy (non-hydrogen) atoms. The monoisotopic (exact) mass is 248 g/mol. The van der Waals surface area contributed by atoms with E-state index in [2.05, 4.69) is 0 Å². The lowest BCUT2D eigenvalue weighted by Gasteiger charge is -2.41. The lowest BCUT2D eigenvalue weighted by atomic mass is 10.0. The molecule has 1 saturated heterocycles. The number of carbonyl (C=O) groups excluding carboxylic acids is 1. The Morgan fingerprint density at radius 2 is 2.06 bits per heavy atom. The second-order valence-electron chi connectivity index (χ2n) is 5.16. The van der Waals surface area contributed by atoms with Crippen LogP contribution in [0.15, 0.2) is 30.3 Å². The van der Waals surface area contributed by atoms with Crippen molar-refractivity contribution in [1.82, 2.24) is 4.90 Å². The zero-order chi connectivity index (χ0) is 13.2. The number of hydrogen-bond donors (Lipinski definition) is 1. The van der Waals surface area contributed by atoms with Crippen LogP contribution in [0.4, 0.5) is 0 Å². The Labute approximate surface area is 108 Å². The van der Waals surface area contributed by atoms with Crippen LogP contribution >= 0.6 is 0 Å². The quantitative estimate of drug-likeness (QED) is 0.873. The van der Waals surface area contributed by atoms with Crippen LogP contribution in [0.2, 0.25) is 0 Å². The molecule has 0 spiro atoms. The Morgan fingerprint density at radius 1 is 1.39 bits per heavy atom. The van der Waals surface area contributed by atoms with Crippen LogP contribution in [0.25, 0.3) is 0 Å². The van der Waals surface area contributed by atoms with Crippen molar-refractivity contribution in [3.63, 3.8) is 0 Å². The largest absolute Gasteiger partial charge is 0.359 e. The lowest BCUT2D eigenvalue weighted by Crippen LogP contribution is -2.58. The molecule has 1 unspecified atom stereocenters. The number of hydrogen-bond acceptors (Lipinski definition) is 3. The summed E-state index contributed by atoms with van der Waals surface area (Å²) in [4.78, 5) is 14.1. The second kappa shape index (κ2) is 5.08. The van der Waals surface area contributed by atoms with Crippen molar-refractivity contribution in [2.24, 2.45) is 5.73 Å². The van der Waals surface area contributed by atoms with Gasteiger partial charge in [-0.05, 0) is 19.4 Å². The van der Waals surface area contributed by atoms with Crippen molar-refractivity contribution in [1.29, 1.82) is 0 Å². The third-order valence-corrected chi connectivity index (χ3v) is 3.17. The Bertz CT molecular complexity index is 417. The summed E-state index contributed by atoms with van der Waals surface area (Å²) < 4.78 is 5.69. The zero-order valence-corrected chi connectivity index (χ0v) is 10.9. The fourth-order valence-electron chi connectivity index (χ4n) is 2.28. The van der Waals surface area contributed by atoms with Crippen LogP contribution in [0.3, 0.4) is 0 Å². The molecule has 4 heteroatoms. The summed E-state index contributed by atoms with van der Waals surface area (Å²) in [7, 11) is 0. The van der Waals surface area contributed by atoms with E-state index in [-0.39, 0.29) is 12.0 Å². The molecule has 1 aliphatic rings. The first-order valence-corrected chi connectivity index (χ1v) is 6.24. The van der Waals surface area contributed by atoms with E-state index in [9.17, 15) is 4.79 Å². The van der Waals surface area contributed by atoms with Crippen molar-refractivity contribution in [3.05, 3.63) is 35.9 Å². The van der Waals surface area contributed by atoms with Crippen LogP contribution in [0.1, 0.15) is 19.4 Å². The molecule has 98 valence electrons. The molecule has 0 radical (unpaired) electrons. The molecule has 0 bridgehead atoms. The third kappa shape index (κ3) is 2.71. The van der Waals surface area contributed by atoms with Crippen LogP contribution in [-0.4, -0.2) is 35.6 Å². The standard InChI is InChI=1S/C14H20N2O2/c1-14(2)13(17)16(10-12(8-15)18-14)9-11-6-4-3-5-7-11/h3-7,12H,8-10,15H2,1-2H3. The van der Waals surface area contributed by atoms with Gasteiger partial charge in [-0.25, -0.2) is 0 Å². The predicted molar refractivity (Wildman–Crippen MR) is 69.9 cm³/mol. The number of nitrogens with zero attached hydrogens (tertiary/aromatic N) is 1. The average Bonchev–Trinajstić information content (AvgIpc) is 2.36. The molecular formula is C14H20N2O2. The SMILES string of the molecule is CC1(C)OC(CN)CN(Cc2ccccc2)C1=O. The number of benzene rings is 1. The summed E-state index contributed by atoms with van der Waals surface area (Å²) in [6.07, 6.45) is -0.0820. The Morgan fingerprint density at radius 3 is 2.67 bits per heavy atom. The molecule has 4 nitrogen and oxygen atoms in total. The molecule has 1 amide bonds. The molecule has 1 atom stereocenters. The van der Waals surface area contributed by atoms with E-state index in [1.165, 1.54) is 0 Å². The van der Waals surface area contributed by atoms with Crippen LogP contribution in [-0.2, 0) is 16.1 Å². The highest BCUT2D eigenvalue weighted by atomic mass is 16.5. The van der Waals surface area contributed by atoms with Crippen molar-refractivity contribution in [2.75, 3.05) is 13.1 Å². The van der Waals surface area contributed by atoms with E-state index in [0.29, 0.717) is 19.6 Å². The van der Waals surface area contributed by atoms with Gasteiger partial charge in [0.2, 0.25) is 0 Å². The van der Waals surface area contributed by atoms with Gasteiger partial charge in [0.25, 0.3) is 5.91 Å². The minimum Gasteiger partial charge on any atom is -0.359 e. The van der Waals surface area contributed by atoms with E-state index in [1.54, 1.807) is 13.8 Å². The summed E-state index contributed by atoms with van der Waals surface area (Å²) in [6, 6.07) is 9.97. The van der Waals surface area contributed by atoms with Crippen molar-refractivity contribution in [2.45, 2.75) is 32.1 Å². The second-order valence-corrected chi connectivity index (χ2v) is 5.16. The summed E-state index contributed by atoms with van der Waals surface area (Å²) in [5.41, 5.74) is 6.01. The summed E-state index contributed by atoms with van der Waals surface area (Å²) >= 11 is 0. The lowest BCUT2D eigenvalue weighted by molar-refractivity contribution is -0.179. The van der Waals surface area contributed by atoms with Crippen LogP contribution in [0, 0.1) is 0 Å². The molecule has 2 rings (SSSR count). The smallest absolute Gasteiger partial charge is 0.254 e. The van der Waals surface area contributed by atoms with Crippen molar-refractivity contribution >= 4 is 5.91 Å². The van der Waals surface area contributed by atoms with E-state index in [1.807, 2.05) is 35.2 Å². The normalized spacial score (nSPS) is 23.2. The van der Waals surface area contributed by atoms with Crippen LogP contribution < -0.4 is 5.73 Å². The van der Waals surface area contributed by atoms with E-state index < -0.39 is 5.60 Å². The van der Waals surface area contributed by atoms with Gasteiger partial charge in [0.05, 0.1) is 6.10 Å². The average molecular weight is 248 g/mol. The van der Waals surface area contributed by atoms with Gasteiger partial charge in [-0.1, -0.05) is 30.3 Å². The number of nitrogens with two attached hydrogens (primary N) is 1. The van der Waals surface area contributed by atoms with E-state index in [4.69, 9.17) is 10.5 Å². The molecule has 2 N–H and O–H groups in total. The Balaban J connectivity index is 2.13. The Hall–Kier alpha value is -1.39. The number of morpholine rings is 1. The maximum absolute atomic E-state index is 12.3. The van der Waals surface area contributed by atoms with Gasteiger partial charge >= 0.3 is 0 Å². The summed E-state index contributed by atoms with van der Waals surface area (Å²) in [6.45, 7) is 5.21. The topological polar surface area (TPSA) is 55.6 Å². The molecule has 1 heterocycles. The maximum Gasteiger partial charge on any atom is 0.254 e. The van der Waals surface area contributed by atoms with Gasteiger partial charge in [-0.2, -0.15) is 0 Å². The number of ether oxygens (including phenoxy) is 1. The zero-order valence-electron chi connectivity index (χ0n) is 10.9. The van der Waals surface area contributed by atoms with E-state index in [0.717, 1.165) is 5.56 Å². The molecule has 1 fully saturated rings. The minimum absolute atomic E-state index is 0.0241. The highest BCUT2D eigenvalue weighted by molar-refractivity contribution is 5.85. The van der Waals surface area contributed by atoms with Crippen molar-refractivity contribution < 1.29 is 9.53 Å². The van der Waals surface area contributed by atoms with Gasteiger partial charge < -0.3 is 15.4 Å². The van der Waals surface area contributed by atoms with Gasteiger partial charge in [0.15, 0.2) is 0 Å². The minimum atomic E-state index is -0.781. The predicted octanol–water partition coefficient (Wildman–Crippen LogP) is 1.15. The van der Waals surface area contributed by atoms with E-state index >= 15 is 0 Å². The Kier molecular flexibility index (Phi) is 3.68. The van der Waals surface area contributed by atoms with Gasteiger partial charge in [-0.15, -0.1) is 0 Å². The van der Waals surface area contributed by atoms with Crippen molar-refractivity contribution in [3.8, 4) is 0 Å². The van der Waals surface area contributed by atoms with Gasteiger partial charge in [0, 0.05) is 19.6 Å². The highest BCUT2D eigenvalue weighted by Crippen LogP contribution is 2.23. The maximum atomic E-state index is 12.3. The fraction of sp³-hybridized carbons (Fsp3) is 0.500. The molecule has 1 aromatic carbocycles. The molecule has 0 saturated carbocycles.